The van der Waals surface area contributed by atoms with Crippen LogP contribution in [0, 0.1) is 0 Å². The fourth-order valence-electron chi connectivity index (χ4n) is 3.02. The molecule has 0 atom stereocenters. The summed E-state index contributed by atoms with van der Waals surface area (Å²) >= 11 is 0. The number of amides is 3. The molecule has 6 nitrogen and oxygen atoms in total. The third-order valence-electron chi connectivity index (χ3n) is 4.14. The Morgan fingerprint density at radius 1 is 1.26 bits per heavy atom. The number of carbonyl (C=O) groups is 2. The topological polar surface area (TPSA) is 84.7 Å². The van der Waals surface area contributed by atoms with Crippen molar-refractivity contribution < 1.29 is 14.3 Å². The highest BCUT2D eigenvalue weighted by Gasteiger charge is 2.51. The van der Waals surface area contributed by atoms with Gasteiger partial charge in [-0.2, -0.15) is 0 Å². The molecule has 2 rings (SSSR count). The van der Waals surface area contributed by atoms with Crippen LogP contribution in [-0.4, -0.2) is 35.7 Å². The Kier molecular flexibility index (Phi) is 4.54. The molecule has 23 heavy (non-hydrogen) atoms. The molecule has 1 aromatic carbocycles. The summed E-state index contributed by atoms with van der Waals surface area (Å²) in [5.41, 5.74) is 5.17. The Balaban J connectivity index is 2.22. The van der Waals surface area contributed by atoms with Gasteiger partial charge in [-0.05, 0) is 39.2 Å². The maximum absolute atomic E-state index is 12.5. The van der Waals surface area contributed by atoms with Crippen LogP contribution in [0.25, 0.3) is 0 Å². The van der Waals surface area contributed by atoms with Gasteiger partial charge in [0.05, 0.1) is 5.54 Å². The van der Waals surface area contributed by atoms with E-state index < -0.39 is 17.2 Å². The maximum atomic E-state index is 12.5. The van der Waals surface area contributed by atoms with E-state index in [0.717, 1.165) is 5.56 Å². The number of primary amides is 1. The minimum absolute atomic E-state index is 0.0439. The first kappa shape index (κ1) is 17.1. The van der Waals surface area contributed by atoms with Crippen LogP contribution in [-0.2, 0) is 10.3 Å². The zero-order valence-corrected chi connectivity index (χ0v) is 14.1. The summed E-state index contributed by atoms with van der Waals surface area (Å²) in [6.45, 7) is 5.52. The van der Waals surface area contributed by atoms with Crippen molar-refractivity contribution in [3.63, 3.8) is 0 Å². The third kappa shape index (κ3) is 3.75. The smallest absolute Gasteiger partial charge is 0.410 e. The van der Waals surface area contributed by atoms with E-state index in [0.29, 0.717) is 12.8 Å². The number of nitrogens with two attached hydrogens (primary N) is 1. The highest BCUT2D eigenvalue weighted by atomic mass is 16.6. The molecule has 6 heteroatoms. The molecule has 0 aliphatic heterocycles. The Morgan fingerprint density at radius 2 is 1.83 bits per heavy atom. The van der Waals surface area contributed by atoms with E-state index in [1.165, 1.54) is 0 Å². The normalized spacial score (nSPS) is 23.6. The van der Waals surface area contributed by atoms with E-state index in [2.05, 4.69) is 5.32 Å². The van der Waals surface area contributed by atoms with Gasteiger partial charge in [-0.15, -0.1) is 0 Å². The van der Waals surface area contributed by atoms with Crippen molar-refractivity contribution in [2.45, 2.75) is 50.8 Å². The molecule has 0 radical (unpaired) electrons. The Bertz CT molecular complexity index is 574. The van der Waals surface area contributed by atoms with Gasteiger partial charge in [-0.3, -0.25) is 0 Å². The summed E-state index contributed by atoms with van der Waals surface area (Å²) in [5, 5.41) is 2.71. The number of urea groups is 1. The van der Waals surface area contributed by atoms with Crippen LogP contribution in [0.1, 0.15) is 39.2 Å². The molecule has 1 saturated carbocycles. The molecule has 1 aliphatic carbocycles. The van der Waals surface area contributed by atoms with E-state index in [-0.39, 0.29) is 12.1 Å². The first-order chi connectivity index (χ1) is 10.6. The molecule has 0 aromatic heterocycles. The number of hydrogen-bond acceptors (Lipinski definition) is 3. The fourth-order valence-corrected chi connectivity index (χ4v) is 3.02. The quantitative estimate of drug-likeness (QED) is 0.898. The van der Waals surface area contributed by atoms with Gasteiger partial charge in [0.1, 0.15) is 5.60 Å². The molecule has 1 aliphatic rings. The molecule has 0 saturated heterocycles. The van der Waals surface area contributed by atoms with Crippen molar-refractivity contribution in [3.8, 4) is 0 Å². The van der Waals surface area contributed by atoms with E-state index >= 15 is 0 Å². The second-order valence-corrected chi connectivity index (χ2v) is 7.05. The van der Waals surface area contributed by atoms with E-state index in [1.807, 2.05) is 51.1 Å². The zero-order valence-electron chi connectivity index (χ0n) is 14.1. The molecule has 1 aromatic rings. The summed E-state index contributed by atoms with van der Waals surface area (Å²) in [6, 6.07) is 9.20. The lowest BCUT2D eigenvalue weighted by molar-refractivity contribution is -0.0274. The van der Waals surface area contributed by atoms with E-state index in [1.54, 1.807) is 11.9 Å². The summed E-state index contributed by atoms with van der Waals surface area (Å²) < 4.78 is 5.49. The molecule has 0 unspecified atom stereocenters. The van der Waals surface area contributed by atoms with Crippen LogP contribution in [0.2, 0.25) is 0 Å². The number of hydrogen-bond donors (Lipinski definition) is 2. The molecule has 0 spiro atoms. The number of rotatable bonds is 3. The number of carbonyl (C=O) groups excluding carboxylic acids is 2. The van der Waals surface area contributed by atoms with Crippen LogP contribution in [0.3, 0.4) is 0 Å². The van der Waals surface area contributed by atoms with Crippen LogP contribution in [0.5, 0.6) is 0 Å². The van der Waals surface area contributed by atoms with Gasteiger partial charge in [0.15, 0.2) is 0 Å². The maximum Gasteiger partial charge on any atom is 0.410 e. The fraction of sp³-hybridized carbons (Fsp3) is 0.529. The summed E-state index contributed by atoms with van der Waals surface area (Å²) in [6.07, 6.45) is 0.838. The van der Waals surface area contributed by atoms with Gasteiger partial charge in [-0.25, -0.2) is 9.59 Å². The first-order valence-electron chi connectivity index (χ1n) is 7.72. The molecular weight excluding hydrogens is 294 g/mol. The highest BCUT2D eigenvalue weighted by molar-refractivity contribution is 5.73. The molecule has 3 amide bonds. The molecule has 0 bridgehead atoms. The predicted molar refractivity (Wildman–Crippen MR) is 87.9 cm³/mol. The van der Waals surface area contributed by atoms with Gasteiger partial charge in [0.25, 0.3) is 0 Å². The van der Waals surface area contributed by atoms with Crippen molar-refractivity contribution in [1.82, 2.24) is 10.2 Å². The van der Waals surface area contributed by atoms with Crippen molar-refractivity contribution in [1.29, 1.82) is 0 Å². The summed E-state index contributed by atoms with van der Waals surface area (Å²) in [4.78, 5) is 25.2. The number of nitrogens with zero attached hydrogens (tertiary/aromatic N) is 1. The molecule has 0 heterocycles. The number of benzene rings is 1. The highest BCUT2D eigenvalue weighted by Crippen LogP contribution is 2.46. The van der Waals surface area contributed by atoms with E-state index in [9.17, 15) is 9.59 Å². The van der Waals surface area contributed by atoms with Crippen LogP contribution >= 0.6 is 0 Å². The Labute approximate surface area is 137 Å². The van der Waals surface area contributed by atoms with E-state index in [4.69, 9.17) is 10.5 Å². The second-order valence-electron chi connectivity index (χ2n) is 7.05. The summed E-state index contributed by atoms with van der Waals surface area (Å²) in [5.74, 6) is 0. The average Bonchev–Trinajstić information content (AvgIpc) is 2.40. The monoisotopic (exact) mass is 319 g/mol. The van der Waals surface area contributed by atoms with Crippen molar-refractivity contribution >= 4 is 12.1 Å². The van der Waals surface area contributed by atoms with Crippen molar-refractivity contribution in [2.24, 2.45) is 5.73 Å². The van der Waals surface area contributed by atoms with Crippen molar-refractivity contribution in [2.75, 3.05) is 7.05 Å². The van der Waals surface area contributed by atoms with Gasteiger partial charge in [0.2, 0.25) is 0 Å². The molecular formula is C17H25N3O3. The largest absolute Gasteiger partial charge is 0.444 e. The molecule has 126 valence electrons. The third-order valence-corrected chi connectivity index (χ3v) is 4.14. The van der Waals surface area contributed by atoms with Crippen LogP contribution < -0.4 is 11.1 Å². The molecule has 3 N–H and O–H groups in total. The van der Waals surface area contributed by atoms with Gasteiger partial charge in [0, 0.05) is 13.1 Å². The van der Waals surface area contributed by atoms with Gasteiger partial charge in [-0.1, -0.05) is 30.3 Å². The lowest BCUT2D eigenvalue weighted by Gasteiger charge is -2.53. The number of ether oxygens (including phenoxy) is 1. The number of nitrogens with one attached hydrogen (secondary N) is 1. The Morgan fingerprint density at radius 3 is 2.30 bits per heavy atom. The second kappa shape index (κ2) is 6.10. The average molecular weight is 319 g/mol. The zero-order chi connectivity index (χ0) is 17.3. The Hall–Kier alpha value is -2.24. The van der Waals surface area contributed by atoms with Gasteiger partial charge < -0.3 is 20.7 Å². The van der Waals surface area contributed by atoms with Crippen molar-refractivity contribution in [3.05, 3.63) is 35.9 Å². The SMILES string of the molecule is CN(C(=O)OC(C)(C)C)[C@]1(c2ccccc2)C[C@H](NC(N)=O)C1. The standard InChI is InChI=1S/C17H25N3O3/c1-16(2,3)23-15(22)20(4)17(12-8-6-5-7-9-12)10-13(11-17)19-14(18)21/h5-9,13H,10-11H2,1-4H3,(H3,18,19,21)/t13-,17+. The van der Waals surface area contributed by atoms with Crippen LogP contribution in [0.4, 0.5) is 9.59 Å². The van der Waals surface area contributed by atoms with Gasteiger partial charge >= 0.3 is 12.1 Å². The first-order valence-corrected chi connectivity index (χ1v) is 7.72. The van der Waals surface area contributed by atoms with Crippen LogP contribution in [0.15, 0.2) is 30.3 Å². The predicted octanol–water partition coefficient (Wildman–Crippen LogP) is 2.58. The minimum atomic E-state index is -0.558. The minimum Gasteiger partial charge on any atom is -0.444 e. The lowest BCUT2D eigenvalue weighted by atomic mass is 9.67. The molecule has 1 fully saturated rings. The lowest BCUT2D eigenvalue weighted by Crippen LogP contribution is -2.62. The summed E-state index contributed by atoms with van der Waals surface area (Å²) in [7, 11) is 1.74.